The Kier molecular flexibility index (Phi) is 6.70. The molecule has 17 heavy (non-hydrogen) atoms. The molecule has 0 atom stereocenters. The summed E-state index contributed by atoms with van der Waals surface area (Å²) in [6.45, 7) is 4.84. The quantitative estimate of drug-likeness (QED) is 0.574. The maximum absolute atomic E-state index is 5.61. The van der Waals surface area contributed by atoms with Crippen molar-refractivity contribution in [1.82, 2.24) is 9.97 Å². The highest BCUT2D eigenvalue weighted by molar-refractivity contribution is 6.17. The molecule has 0 bridgehead atoms. The predicted octanol–water partition coefficient (Wildman–Crippen LogP) is 3.08. The SMILES string of the molecule is CC(C)Oc1cc(NCCCCCCl)ncn1. The minimum absolute atomic E-state index is 0.126. The summed E-state index contributed by atoms with van der Waals surface area (Å²) < 4.78 is 5.49. The fourth-order valence-corrected chi connectivity index (χ4v) is 1.54. The molecule has 0 spiro atoms. The molecule has 4 nitrogen and oxygen atoms in total. The summed E-state index contributed by atoms with van der Waals surface area (Å²) in [6, 6.07) is 1.82. The number of nitrogens with one attached hydrogen (secondary N) is 1. The average molecular weight is 258 g/mol. The van der Waals surface area contributed by atoms with Crippen LogP contribution in [0.1, 0.15) is 33.1 Å². The van der Waals surface area contributed by atoms with Crippen molar-refractivity contribution in [3.63, 3.8) is 0 Å². The van der Waals surface area contributed by atoms with Gasteiger partial charge in [0, 0.05) is 18.5 Å². The second-order valence-corrected chi connectivity index (χ2v) is 4.46. The largest absolute Gasteiger partial charge is 0.475 e. The lowest BCUT2D eigenvalue weighted by Crippen LogP contribution is -2.08. The molecule has 0 aromatic carbocycles. The van der Waals surface area contributed by atoms with E-state index in [9.17, 15) is 0 Å². The van der Waals surface area contributed by atoms with E-state index in [1.165, 1.54) is 6.33 Å². The maximum Gasteiger partial charge on any atom is 0.218 e. The van der Waals surface area contributed by atoms with E-state index in [0.29, 0.717) is 5.88 Å². The summed E-state index contributed by atoms with van der Waals surface area (Å²) >= 11 is 5.61. The van der Waals surface area contributed by atoms with Crippen LogP contribution in [0.3, 0.4) is 0 Å². The van der Waals surface area contributed by atoms with Gasteiger partial charge in [0.2, 0.25) is 5.88 Å². The van der Waals surface area contributed by atoms with E-state index in [0.717, 1.165) is 37.5 Å². The molecule has 0 amide bonds. The third-order valence-electron chi connectivity index (χ3n) is 2.11. The van der Waals surface area contributed by atoms with Crippen LogP contribution in [0.25, 0.3) is 0 Å². The van der Waals surface area contributed by atoms with Gasteiger partial charge in [-0.3, -0.25) is 0 Å². The number of nitrogens with zero attached hydrogens (tertiary/aromatic N) is 2. The topological polar surface area (TPSA) is 47.0 Å². The Morgan fingerprint density at radius 1 is 1.29 bits per heavy atom. The second kappa shape index (κ2) is 8.12. The zero-order valence-electron chi connectivity index (χ0n) is 10.4. The summed E-state index contributed by atoms with van der Waals surface area (Å²) in [7, 11) is 0. The molecule has 1 aromatic rings. The monoisotopic (exact) mass is 257 g/mol. The molecule has 0 unspecified atom stereocenters. The van der Waals surface area contributed by atoms with Crippen LogP contribution >= 0.6 is 11.6 Å². The number of hydrogen-bond donors (Lipinski definition) is 1. The van der Waals surface area contributed by atoms with Gasteiger partial charge in [-0.25, -0.2) is 9.97 Å². The highest BCUT2D eigenvalue weighted by atomic mass is 35.5. The highest BCUT2D eigenvalue weighted by Gasteiger charge is 2.01. The van der Waals surface area contributed by atoms with Crippen LogP contribution in [-0.4, -0.2) is 28.5 Å². The number of anilines is 1. The molecule has 0 saturated heterocycles. The molecule has 0 aliphatic heterocycles. The van der Waals surface area contributed by atoms with Gasteiger partial charge in [-0.15, -0.1) is 11.6 Å². The normalized spacial score (nSPS) is 10.6. The minimum atomic E-state index is 0.126. The van der Waals surface area contributed by atoms with E-state index in [1.54, 1.807) is 0 Å². The summed E-state index contributed by atoms with van der Waals surface area (Å²) in [5.41, 5.74) is 0. The lowest BCUT2D eigenvalue weighted by atomic mass is 10.2. The first kappa shape index (κ1) is 14.0. The fourth-order valence-electron chi connectivity index (χ4n) is 1.35. The first-order chi connectivity index (χ1) is 8.22. The van der Waals surface area contributed by atoms with Gasteiger partial charge in [0.15, 0.2) is 0 Å². The third kappa shape index (κ3) is 6.31. The first-order valence-corrected chi connectivity index (χ1v) is 6.54. The van der Waals surface area contributed by atoms with Crippen LogP contribution in [0.4, 0.5) is 5.82 Å². The number of hydrogen-bond acceptors (Lipinski definition) is 4. The number of ether oxygens (including phenoxy) is 1. The van der Waals surface area contributed by atoms with Crippen molar-refractivity contribution in [1.29, 1.82) is 0 Å². The van der Waals surface area contributed by atoms with E-state index < -0.39 is 0 Å². The van der Waals surface area contributed by atoms with Gasteiger partial charge in [-0.2, -0.15) is 0 Å². The molecule has 96 valence electrons. The minimum Gasteiger partial charge on any atom is -0.475 e. The number of alkyl halides is 1. The summed E-state index contributed by atoms with van der Waals surface area (Å²) in [5, 5.41) is 3.24. The summed E-state index contributed by atoms with van der Waals surface area (Å²) in [4.78, 5) is 8.18. The Hall–Kier alpha value is -1.03. The van der Waals surface area contributed by atoms with Gasteiger partial charge in [0.1, 0.15) is 12.1 Å². The van der Waals surface area contributed by atoms with Gasteiger partial charge in [0.25, 0.3) is 0 Å². The van der Waals surface area contributed by atoms with Crippen LogP contribution in [-0.2, 0) is 0 Å². The molecule has 1 aromatic heterocycles. The van der Waals surface area contributed by atoms with Crippen molar-refractivity contribution in [2.75, 3.05) is 17.7 Å². The Balaban J connectivity index is 2.32. The Bertz CT molecular complexity index is 320. The fraction of sp³-hybridized carbons (Fsp3) is 0.667. The molecular weight excluding hydrogens is 238 g/mol. The van der Waals surface area contributed by atoms with Crippen LogP contribution in [0.15, 0.2) is 12.4 Å². The summed E-state index contributed by atoms with van der Waals surface area (Å²) in [5.74, 6) is 2.15. The van der Waals surface area contributed by atoms with E-state index >= 15 is 0 Å². The van der Waals surface area contributed by atoms with Crippen molar-refractivity contribution in [3.8, 4) is 5.88 Å². The smallest absolute Gasteiger partial charge is 0.218 e. The van der Waals surface area contributed by atoms with E-state index in [1.807, 2.05) is 19.9 Å². The number of aromatic nitrogens is 2. The maximum atomic E-state index is 5.61. The molecule has 0 radical (unpaired) electrons. The van der Waals surface area contributed by atoms with Crippen molar-refractivity contribution in [2.45, 2.75) is 39.2 Å². The van der Waals surface area contributed by atoms with Crippen LogP contribution in [0.5, 0.6) is 5.88 Å². The van der Waals surface area contributed by atoms with Crippen molar-refractivity contribution >= 4 is 17.4 Å². The molecule has 1 heterocycles. The van der Waals surface area contributed by atoms with Crippen LogP contribution < -0.4 is 10.1 Å². The van der Waals surface area contributed by atoms with Gasteiger partial charge < -0.3 is 10.1 Å². The molecule has 0 fully saturated rings. The molecule has 0 saturated carbocycles. The van der Waals surface area contributed by atoms with Crippen LogP contribution in [0.2, 0.25) is 0 Å². The van der Waals surface area contributed by atoms with Gasteiger partial charge >= 0.3 is 0 Å². The number of unbranched alkanes of at least 4 members (excludes halogenated alkanes) is 2. The lowest BCUT2D eigenvalue weighted by molar-refractivity contribution is 0.232. The average Bonchev–Trinajstić information content (AvgIpc) is 2.28. The van der Waals surface area contributed by atoms with Crippen molar-refractivity contribution in [2.24, 2.45) is 0 Å². The number of halogens is 1. The molecule has 0 aliphatic rings. The highest BCUT2D eigenvalue weighted by Crippen LogP contribution is 2.12. The summed E-state index contributed by atoms with van der Waals surface area (Å²) in [6.07, 6.45) is 4.93. The standard InChI is InChI=1S/C12H20ClN3O/c1-10(2)17-12-8-11(15-9-16-12)14-7-5-3-4-6-13/h8-10H,3-7H2,1-2H3,(H,14,15,16). The second-order valence-electron chi connectivity index (χ2n) is 4.08. The van der Waals surface area contributed by atoms with E-state index in [2.05, 4.69) is 15.3 Å². The van der Waals surface area contributed by atoms with Crippen molar-refractivity contribution in [3.05, 3.63) is 12.4 Å². The Labute approximate surface area is 108 Å². The third-order valence-corrected chi connectivity index (χ3v) is 2.38. The Morgan fingerprint density at radius 2 is 2.12 bits per heavy atom. The molecule has 1 N–H and O–H groups in total. The predicted molar refractivity (Wildman–Crippen MR) is 70.9 cm³/mol. The molecule has 5 heteroatoms. The zero-order valence-corrected chi connectivity index (χ0v) is 11.2. The Morgan fingerprint density at radius 3 is 2.82 bits per heavy atom. The molecule has 0 aliphatic carbocycles. The van der Waals surface area contributed by atoms with E-state index in [-0.39, 0.29) is 6.10 Å². The van der Waals surface area contributed by atoms with Gasteiger partial charge in [-0.1, -0.05) is 6.42 Å². The van der Waals surface area contributed by atoms with E-state index in [4.69, 9.17) is 16.3 Å². The lowest BCUT2D eigenvalue weighted by Gasteiger charge is -2.10. The molecular formula is C12H20ClN3O. The zero-order chi connectivity index (χ0) is 12.5. The van der Waals surface area contributed by atoms with Gasteiger partial charge in [-0.05, 0) is 26.7 Å². The van der Waals surface area contributed by atoms with Crippen molar-refractivity contribution < 1.29 is 4.74 Å². The number of rotatable bonds is 8. The molecule has 1 rings (SSSR count). The van der Waals surface area contributed by atoms with Gasteiger partial charge in [0.05, 0.1) is 6.10 Å². The van der Waals surface area contributed by atoms with Crippen LogP contribution in [0, 0.1) is 0 Å². The first-order valence-electron chi connectivity index (χ1n) is 6.01.